The summed E-state index contributed by atoms with van der Waals surface area (Å²) in [4.78, 5) is 25.0. The second-order valence-corrected chi connectivity index (χ2v) is 10.6. The lowest BCUT2D eigenvalue weighted by Crippen LogP contribution is -2.45. The van der Waals surface area contributed by atoms with Crippen LogP contribution in [0, 0.1) is 0 Å². The van der Waals surface area contributed by atoms with Crippen molar-refractivity contribution in [2.75, 3.05) is 58.4 Å². The molecule has 1 saturated heterocycles. The number of benzene rings is 1. The van der Waals surface area contributed by atoms with E-state index < -0.39 is 21.9 Å². The minimum atomic E-state index is -4.00. The van der Waals surface area contributed by atoms with E-state index in [2.05, 4.69) is 24.5 Å². The van der Waals surface area contributed by atoms with Crippen LogP contribution in [0.25, 0.3) is 10.9 Å². The van der Waals surface area contributed by atoms with Gasteiger partial charge in [-0.2, -0.15) is 13.1 Å². The number of ether oxygens (including phenoxy) is 3. The molecule has 0 bridgehead atoms. The van der Waals surface area contributed by atoms with Crippen LogP contribution in [-0.4, -0.2) is 88.5 Å². The van der Waals surface area contributed by atoms with Crippen molar-refractivity contribution in [2.24, 2.45) is 0 Å². The Morgan fingerprint density at radius 2 is 1.77 bits per heavy atom. The summed E-state index contributed by atoms with van der Waals surface area (Å²) < 4.78 is 44.3. The van der Waals surface area contributed by atoms with E-state index in [4.69, 9.17) is 14.2 Å². The minimum absolute atomic E-state index is 0.158. The Balaban J connectivity index is 1.58. The third-order valence-electron chi connectivity index (χ3n) is 5.34. The maximum Gasteiger partial charge on any atom is 0.422 e. The van der Waals surface area contributed by atoms with E-state index in [9.17, 15) is 13.2 Å². The number of aromatic nitrogens is 2. The monoisotopic (exact) mass is 510 g/mol. The summed E-state index contributed by atoms with van der Waals surface area (Å²) in [6.07, 6.45) is 1.40. The summed E-state index contributed by atoms with van der Waals surface area (Å²) in [5.41, 5.74) is -0.0235. The molecule has 1 amide bonds. The van der Waals surface area contributed by atoms with Gasteiger partial charge in [0.25, 0.3) is 0 Å². The number of rotatable bonds is 8. The van der Waals surface area contributed by atoms with Crippen LogP contribution in [0.4, 0.5) is 10.6 Å². The Labute approximate surface area is 206 Å². The van der Waals surface area contributed by atoms with Crippen molar-refractivity contribution in [3.8, 4) is 11.5 Å². The predicted molar refractivity (Wildman–Crippen MR) is 132 cm³/mol. The van der Waals surface area contributed by atoms with Gasteiger partial charge in [-0.3, -0.25) is 0 Å². The molecule has 0 atom stereocenters. The lowest BCUT2D eigenvalue weighted by molar-refractivity contribution is 0.0569. The van der Waals surface area contributed by atoms with Gasteiger partial charge in [0.05, 0.1) is 19.7 Å². The van der Waals surface area contributed by atoms with E-state index in [1.165, 1.54) is 0 Å². The highest BCUT2D eigenvalue weighted by Crippen LogP contribution is 2.34. The second-order valence-electron chi connectivity index (χ2n) is 9.11. The Morgan fingerprint density at radius 1 is 1.06 bits per heavy atom. The predicted octanol–water partition coefficient (Wildman–Crippen LogP) is 1.52. The van der Waals surface area contributed by atoms with Gasteiger partial charge in [-0.05, 0) is 39.8 Å². The number of carbonyl (C=O) groups excluding carboxylic acids is 1. The van der Waals surface area contributed by atoms with Crippen LogP contribution in [0.15, 0.2) is 18.5 Å². The number of methoxy groups -OCH3 is 2. The number of fused-ring (bicyclic) bond motifs is 1. The summed E-state index contributed by atoms with van der Waals surface area (Å²) in [5, 5.41) is 0.875. The first kappa shape index (κ1) is 26.7. The molecule has 0 radical (unpaired) electrons. The van der Waals surface area contributed by atoms with Gasteiger partial charge in [0.2, 0.25) is 0 Å². The zero-order chi connectivity index (χ0) is 25.6. The first-order chi connectivity index (χ1) is 16.5. The Kier molecular flexibility index (Phi) is 8.56. The Morgan fingerprint density at radius 3 is 2.46 bits per heavy atom. The van der Waals surface area contributed by atoms with Crippen LogP contribution in [0.5, 0.6) is 11.5 Å². The zero-order valence-corrected chi connectivity index (χ0v) is 21.6. The molecule has 35 heavy (non-hydrogen) atoms. The highest BCUT2D eigenvalue weighted by molar-refractivity contribution is 7.88. The quantitative estimate of drug-likeness (QED) is 0.538. The molecule has 1 aromatic carbocycles. The summed E-state index contributed by atoms with van der Waals surface area (Å²) in [6, 6.07) is 3.72. The molecule has 3 rings (SSSR count). The molecule has 1 fully saturated rings. The minimum Gasteiger partial charge on any atom is -0.493 e. The van der Waals surface area contributed by atoms with E-state index in [-0.39, 0.29) is 6.54 Å². The standard InChI is InChI=1S/C22H34N6O6S/c1-22(2,3)34-21(29)26-35(30,31)25-7-10-27-8-6-9-28(12-11-27)20-16-13-18(32-4)19(33-5)14-17(16)23-15-24-20/h13-15,25H,6-12H2,1-5H3,(H,26,29). The van der Waals surface area contributed by atoms with Gasteiger partial charge < -0.3 is 24.0 Å². The lowest BCUT2D eigenvalue weighted by Gasteiger charge is -2.24. The Bertz CT molecular complexity index is 1140. The molecule has 0 saturated carbocycles. The van der Waals surface area contributed by atoms with Gasteiger partial charge in [0.1, 0.15) is 17.7 Å². The number of hydrogen-bond acceptors (Lipinski definition) is 10. The van der Waals surface area contributed by atoms with E-state index in [0.29, 0.717) is 24.6 Å². The maximum absolute atomic E-state index is 12.1. The fourth-order valence-corrected chi connectivity index (χ4v) is 4.50. The van der Waals surface area contributed by atoms with Crippen LogP contribution in [0.2, 0.25) is 0 Å². The summed E-state index contributed by atoms with van der Waals surface area (Å²) in [5.74, 6) is 2.04. The van der Waals surface area contributed by atoms with Crippen molar-refractivity contribution in [1.82, 2.24) is 24.3 Å². The fourth-order valence-electron chi connectivity index (χ4n) is 3.81. The van der Waals surface area contributed by atoms with Gasteiger partial charge in [-0.25, -0.2) is 19.5 Å². The van der Waals surface area contributed by atoms with Crippen molar-refractivity contribution >= 4 is 33.0 Å². The topological polar surface area (TPSA) is 135 Å². The Hall–Kier alpha value is -2.90. The van der Waals surface area contributed by atoms with Crippen molar-refractivity contribution in [3.05, 3.63) is 18.5 Å². The third kappa shape index (κ3) is 7.54. The number of carbonyl (C=O) groups is 1. The molecule has 2 aromatic rings. The van der Waals surface area contributed by atoms with Gasteiger partial charge in [0.15, 0.2) is 11.5 Å². The van der Waals surface area contributed by atoms with E-state index in [0.717, 1.165) is 42.8 Å². The highest BCUT2D eigenvalue weighted by atomic mass is 32.2. The second kappa shape index (κ2) is 11.2. The van der Waals surface area contributed by atoms with E-state index in [1.54, 1.807) is 41.3 Å². The molecule has 2 N–H and O–H groups in total. The maximum atomic E-state index is 12.1. The first-order valence-corrected chi connectivity index (χ1v) is 12.8. The first-order valence-electron chi connectivity index (χ1n) is 11.4. The van der Waals surface area contributed by atoms with Gasteiger partial charge in [-0.1, -0.05) is 0 Å². The van der Waals surface area contributed by atoms with Gasteiger partial charge in [0, 0.05) is 44.2 Å². The molecule has 13 heteroatoms. The molecule has 0 spiro atoms. The number of amides is 1. The molecular formula is C22H34N6O6S. The molecule has 1 aliphatic rings. The van der Waals surface area contributed by atoms with Crippen molar-refractivity contribution in [3.63, 3.8) is 0 Å². The van der Waals surface area contributed by atoms with Gasteiger partial charge in [-0.15, -0.1) is 0 Å². The molecule has 0 aliphatic carbocycles. The van der Waals surface area contributed by atoms with E-state index >= 15 is 0 Å². The number of hydrogen-bond donors (Lipinski definition) is 2. The zero-order valence-electron chi connectivity index (χ0n) is 20.8. The number of nitrogens with one attached hydrogen (secondary N) is 2. The van der Waals surface area contributed by atoms with Crippen LogP contribution in [0.3, 0.4) is 0 Å². The molecule has 2 heterocycles. The van der Waals surface area contributed by atoms with Crippen molar-refractivity contribution < 1.29 is 27.4 Å². The number of anilines is 1. The number of nitrogens with zero attached hydrogens (tertiary/aromatic N) is 4. The highest BCUT2D eigenvalue weighted by Gasteiger charge is 2.22. The summed E-state index contributed by atoms with van der Waals surface area (Å²) in [7, 11) is -0.827. The molecule has 1 aromatic heterocycles. The fraction of sp³-hybridized carbons (Fsp3) is 0.591. The van der Waals surface area contributed by atoms with Gasteiger partial charge >= 0.3 is 16.3 Å². The molecule has 1 aliphatic heterocycles. The van der Waals surface area contributed by atoms with Crippen LogP contribution < -0.4 is 23.8 Å². The molecular weight excluding hydrogens is 476 g/mol. The smallest absolute Gasteiger partial charge is 0.422 e. The molecule has 0 unspecified atom stereocenters. The van der Waals surface area contributed by atoms with Crippen molar-refractivity contribution in [2.45, 2.75) is 32.8 Å². The summed E-state index contributed by atoms with van der Waals surface area (Å²) >= 11 is 0. The average Bonchev–Trinajstić information content (AvgIpc) is 3.01. The van der Waals surface area contributed by atoms with Crippen LogP contribution >= 0.6 is 0 Å². The average molecular weight is 511 g/mol. The van der Waals surface area contributed by atoms with E-state index in [1.807, 2.05) is 16.9 Å². The SMILES string of the molecule is COc1cc2ncnc(N3CCCN(CCNS(=O)(=O)NC(=O)OC(C)(C)C)CC3)c2cc1OC. The molecule has 194 valence electrons. The van der Waals surface area contributed by atoms with Crippen molar-refractivity contribution in [1.29, 1.82) is 0 Å². The molecule has 12 nitrogen and oxygen atoms in total. The largest absolute Gasteiger partial charge is 0.493 e. The van der Waals surface area contributed by atoms with Crippen LogP contribution in [-0.2, 0) is 14.9 Å². The third-order valence-corrected chi connectivity index (χ3v) is 6.36. The lowest BCUT2D eigenvalue weighted by atomic mass is 10.2. The normalized spacial score (nSPS) is 15.5. The van der Waals surface area contributed by atoms with Crippen LogP contribution in [0.1, 0.15) is 27.2 Å². The summed E-state index contributed by atoms with van der Waals surface area (Å²) in [6.45, 7) is 8.67.